The maximum absolute atomic E-state index is 12.9. The summed E-state index contributed by atoms with van der Waals surface area (Å²) in [5, 5.41) is 2.67. The monoisotopic (exact) mass is 427 g/mol. The number of fused-ring (bicyclic) bond motifs is 1. The molecule has 0 bridgehead atoms. The summed E-state index contributed by atoms with van der Waals surface area (Å²) in [5.74, 6) is 0.563. The summed E-state index contributed by atoms with van der Waals surface area (Å²) in [7, 11) is 1.55. The quantitative estimate of drug-likeness (QED) is 0.555. The fourth-order valence-corrected chi connectivity index (χ4v) is 4.55. The number of halogens is 2. The van der Waals surface area contributed by atoms with E-state index in [4.69, 9.17) is 4.74 Å². The standard InChI is InChI=1S/C23H19F2NO3S/c1-28-17-9-6-14(7-10-17)18-13-16(8-11-19(18)29-23(24)25)26-22(27)21-12-15-4-2-3-5-20(15)30-21/h2-11,13,21,23H,12H2,1H3,(H,26,27). The Morgan fingerprint density at radius 1 is 1.10 bits per heavy atom. The van der Waals surface area contributed by atoms with Gasteiger partial charge >= 0.3 is 6.61 Å². The Labute approximate surface area is 177 Å². The maximum atomic E-state index is 12.9. The van der Waals surface area contributed by atoms with Crippen molar-refractivity contribution in [2.75, 3.05) is 12.4 Å². The first kappa shape index (κ1) is 20.2. The number of nitrogens with one attached hydrogen (secondary N) is 1. The molecule has 3 aromatic rings. The molecular formula is C23H19F2NO3S. The van der Waals surface area contributed by atoms with E-state index >= 15 is 0 Å². The van der Waals surface area contributed by atoms with E-state index in [0.717, 1.165) is 10.5 Å². The molecule has 1 unspecified atom stereocenters. The van der Waals surface area contributed by atoms with Crippen LogP contribution in [0.15, 0.2) is 71.6 Å². The minimum Gasteiger partial charge on any atom is -0.497 e. The second kappa shape index (κ2) is 8.75. The molecule has 1 heterocycles. The molecule has 7 heteroatoms. The number of methoxy groups -OCH3 is 1. The minimum absolute atomic E-state index is 0.0378. The third-order valence-corrected chi connectivity index (χ3v) is 6.12. The molecule has 0 saturated carbocycles. The van der Waals surface area contributed by atoms with Gasteiger partial charge in [-0.15, -0.1) is 11.8 Å². The molecule has 0 aliphatic carbocycles. The Kier molecular flexibility index (Phi) is 5.90. The van der Waals surface area contributed by atoms with Gasteiger partial charge in [0.15, 0.2) is 0 Å². The highest BCUT2D eigenvalue weighted by molar-refractivity contribution is 8.01. The molecule has 0 aromatic heterocycles. The Hall–Kier alpha value is -3.06. The van der Waals surface area contributed by atoms with Crippen LogP contribution in [0.1, 0.15) is 5.56 Å². The molecule has 0 saturated heterocycles. The van der Waals surface area contributed by atoms with Crippen LogP contribution in [0, 0.1) is 0 Å². The van der Waals surface area contributed by atoms with Crippen LogP contribution in [-0.2, 0) is 11.2 Å². The summed E-state index contributed by atoms with van der Waals surface area (Å²) >= 11 is 1.53. The Balaban J connectivity index is 1.57. The molecule has 4 nitrogen and oxygen atoms in total. The third-order valence-electron chi connectivity index (χ3n) is 4.80. The van der Waals surface area contributed by atoms with E-state index in [2.05, 4.69) is 10.1 Å². The first-order valence-corrected chi connectivity index (χ1v) is 10.2. The van der Waals surface area contributed by atoms with Crippen LogP contribution in [0.25, 0.3) is 11.1 Å². The normalized spacial score (nSPS) is 15.0. The van der Waals surface area contributed by atoms with E-state index in [-0.39, 0.29) is 16.9 Å². The van der Waals surface area contributed by atoms with Gasteiger partial charge in [-0.3, -0.25) is 4.79 Å². The summed E-state index contributed by atoms with van der Waals surface area (Å²) in [5.41, 5.74) is 2.80. The van der Waals surface area contributed by atoms with E-state index in [1.807, 2.05) is 24.3 Å². The molecule has 154 valence electrons. The number of thioether (sulfide) groups is 1. The predicted octanol–water partition coefficient (Wildman–Crippen LogP) is 5.62. The van der Waals surface area contributed by atoms with Crippen LogP contribution in [-0.4, -0.2) is 24.9 Å². The van der Waals surface area contributed by atoms with E-state index in [1.165, 1.54) is 17.8 Å². The van der Waals surface area contributed by atoms with Crippen molar-refractivity contribution >= 4 is 23.4 Å². The maximum Gasteiger partial charge on any atom is 0.387 e. The van der Waals surface area contributed by atoms with Gasteiger partial charge in [0, 0.05) is 16.1 Å². The topological polar surface area (TPSA) is 47.6 Å². The fraction of sp³-hybridized carbons (Fsp3) is 0.174. The SMILES string of the molecule is COc1ccc(-c2cc(NC(=O)C3Cc4ccccc4S3)ccc2OC(F)F)cc1. The van der Waals surface area contributed by atoms with Crippen LogP contribution in [0.3, 0.4) is 0 Å². The highest BCUT2D eigenvalue weighted by Gasteiger charge is 2.28. The molecule has 0 radical (unpaired) electrons. The number of rotatable bonds is 6. The van der Waals surface area contributed by atoms with Crippen molar-refractivity contribution in [2.24, 2.45) is 0 Å². The van der Waals surface area contributed by atoms with Gasteiger partial charge in [0.25, 0.3) is 0 Å². The number of benzene rings is 3. The molecule has 4 rings (SSSR count). The number of hydrogen-bond acceptors (Lipinski definition) is 4. The summed E-state index contributed by atoms with van der Waals surface area (Å²) in [4.78, 5) is 13.9. The number of alkyl halides is 2. The Bertz CT molecular complexity index is 1030. The number of carbonyl (C=O) groups excluding carboxylic acids is 1. The van der Waals surface area contributed by atoms with Crippen molar-refractivity contribution < 1.29 is 23.0 Å². The zero-order valence-corrected chi connectivity index (χ0v) is 16.9. The molecule has 1 atom stereocenters. The fourth-order valence-electron chi connectivity index (χ4n) is 3.35. The molecular weight excluding hydrogens is 408 g/mol. The second-order valence-corrected chi connectivity index (χ2v) is 7.97. The van der Waals surface area contributed by atoms with Crippen LogP contribution >= 0.6 is 11.8 Å². The van der Waals surface area contributed by atoms with E-state index < -0.39 is 6.61 Å². The first-order valence-electron chi connectivity index (χ1n) is 9.32. The summed E-state index contributed by atoms with van der Waals surface area (Å²) in [6.45, 7) is -2.95. The van der Waals surface area contributed by atoms with Crippen LogP contribution in [0.4, 0.5) is 14.5 Å². The molecule has 30 heavy (non-hydrogen) atoms. The van der Waals surface area contributed by atoms with Gasteiger partial charge in [0.05, 0.1) is 12.4 Å². The van der Waals surface area contributed by atoms with Crippen LogP contribution in [0.5, 0.6) is 11.5 Å². The van der Waals surface area contributed by atoms with Gasteiger partial charge in [-0.05, 0) is 53.9 Å². The van der Waals surface area contributed by atoms with Crippen molar-refractivity contribution in [3.05, 3.63) is 72.3 Å². The van der Waals surface area contributed by atoms with Crippen LogP contribution in [0.2, 0.25) is 0 Å². The van der Waals surface area contributed by atoms with E-state index in [9.17, 15) is 13.6 Å². The summed E-state index contributed by atoms with van der Waals surface area (Å²) in [6, 6.07) is 19.6. The molecule has 0 fully saturated rings. The molecule has 3 aromatic carbocycles. The lowest BCUT2D eigenvalue weighted by molar-refractivity contribution is -0.115. The van der Waals surface area contributed by atoms with Crippen LogP contribution < -0.4 is 14.8 Å². The molecule has 1 aliphatic heterocycles. The van der Waals surface area contributed by atoms with Crippen molar-refractivity contribution in [1.82, 2.24) is 0 Å². The third kappa shape index (κ3) is 4.41. The molecule has 1 aliphatic rings. The smallest absolute Gasteiger partial charge is 0.387 e. The number of hydrogen-bond donors (Lipinski definition) is 1. The van der Waals surface area contributed by atoms with Gasteiger partial charge in [-0.1, -0.05) is 30.3 Å². The number of carbonyl (C=O) groups is 1. The van der Waals surface area contributed by atoms with E-state index in [0.29, 0.717) is 29.0 Å². The molecule has 1 N–H and O–H groups in total. The minimum atomic E-state index is -2.95. The number of ether oxygens (including phenoxy) is 2. The van der Waals surface area contributed by atoms with E-state index in [1.54, 1.807) is 43.5 Å². The van der Waals surface area contributed by atoms with Crippen molar-refractivity contribution in [2.45, 2.75) is 23.2 Å². The van der Waals surface area contributed by atoms with Crippen molar-refractivity contribution in [3.63, 3.8) is 0 Å². The van der Waals surface area contributed by atoms with Gasteiger partial charge < -0.3 is 14.8 Å². The second-order valence-electron chi connectivity index (χ2n) is 6.73. The summed E-state index contributed by atoms with van der Waals surface area (Å²) < 4.78 is 35.6. The van der Waals surface area contributed by atoms with Crippen molar-refractivity contribution in [3.8, 4) is 22.6 Å². The zero-order valence-electron chi connectivity index (χ0n) is 16.1. The van der Waals surface area contributed by atoms with Gasteiger partial charge in [0.2, 0.25) is 5.91 Å². The molecule has 0 spiro atoms. The summed E-state index contributed by atoms with van der Waals surface area (Å²) in [6.07, 6.45) is 0.657. The number of anilines is 1. The van der Waals surface area contributed by atoms with Crippen molar-refractivity contribution in [1.29, 1.82) is 0 Å². The highest BCUT2D eigenvalue weighted by Crippen LogP contribution is 2.38. The lowest BCUT2D eigenvalue weighted by Crippen LogP contribution is -2.24. The lowest BCUT2D eigenvalue weighted by atomic mass is 10.0. The average Bonchev–Trinajstić information content (AvgIpc) is 3.19. The molecule has 1 amide bonds. The zero-order chi connectivity index (χ0) is 21.1. The van der Waals surface area contributed by atoms with Gasteiger partial charge in [-0.25, -0.2) is 0 Å². The average molecular weight is 427 g/mol. The first-order chi connectivity index (χ1) is 14.5. The number of amides is 1. The Morgan fingerprint density at radius 2 is 1.87 bits per heavy atom. The van der Waals surface area contributed by atoms with Gasteiger partial charge in [0.1, 0.15) is 11.5 Å². The highest BCUT2D eigenvalue weighted by atomic mass is 32.2. The predicted molar refractivity (Wildman–Crippen MR) is 113 cm³/mol. The largest absolute Gasteiger partial charge is 0.497 e. The van der Waals surface area contributed by atoms with Gasteiger partial charge in [-0.2, -0.15) is 8.78 Å². The Morgan fingerprint density at radius 3 is 2.57 bits per heavy atom. The lowest BCUT2D eigenvalue weighted by Gasteiger charge is -2.15.